The monoisotopic (exact) mass is 291 g/mol. The van der Waals surface area contributed by atoms with E-state index in [-0.39, 0.29) is 5.03 Å². The molecule has 0 amide bonds. The molecule has 1 aromatic rings. The van der Waals surface area contributed by atoms with Gasteiger partial charge in [-0.15, -0.1) is 0 Å². The Morgan fingerprint density at radius 2 is 2.00 bits per heavy atom. The van der Waals surface area contributed by atoms with Crippen LogP contribution in [0.15, 0.2) is 17.2 Å². The van der Waals surface area contributed by atoms with E-state index in [4.69, 9.17) is 0 Å². The predicted octanol–water partition coefficient (Wildman–Crippen LogP) is -0.680. The predicted molar refractivity (Wildman–Crippen MR) is 48.9 cm³/mol. The van der Waals surface area contributed by atoms with Gasteiger partial charge < -0.3 is 0 Å². The van der Waals surface area contributed by atoms with E-state index in [9.17, 15) is 8.42 Å². The summed E-state index contributed by atoms with van der Waals surface area (Å²) in [6, 6.07) is 3.38. The average Bonchev–Trinajstić information content (AvgIpc) is 1.92. The second kappa shape index (κ2) is 3.33. The number of aryl methyl sites for hydroxylation is 1. The molecule has 1 rings (SSSR count). The molecule has 2 radical (unpaired) electrons. The van der Waals surface area contributed by atoms with Crippen molar-refractivity contribution in [3.05, 3.63) is 17.8 Å². The van der Waals surface area contributed by atoms with Crippen LogP contribution in [0.3, 0.4) is 0 Å². The van der Waals surface area contributed by atoms with Crippen LogP contribution in [0, 0.1) is 6.92 Å². The molecule has 0 N–H and O–H groups in total. The number of rotatable bonds is 1. The van der Waals surface area contributed by atoms with E-state index in [0.717, 1.165) is 31.8 Å². The van der Waals surface area contributed by atoms with Crippen molar-refractivity contribution < 1.29 is 8.42 Å². The molecule has 12 heavy (non-hydrogen) atoms. The Hall–Kier alpha value is -0.101. The van der Waals surface area contributed by atoms with Crippen molar-refractivity contribution in [3.8, 4) is 0 Å². The summed E-state index contributed by atoms with van der Waals surface area (Å²) in [4.78, 5) is 3.99. The topological polar surface area (TPSA) is 47.0 Å². The Bertz CT molecular complexity index is 400. The molecule has 64 valence electrons. The van der Waals surface area contributed by atoms with Crippen LogP contribution in [0.5, 0.6) is 0 Å². The van der Waals surface area contributed by atoms with Gasteiger partial charge in [0.15, 0.2) is 0 Å². The van der Waals surface area contributed by atoms with Gasteiger partial charge in [-0.1, -0.05) is 0 Å². The van der Waals surface area contributed by atoms with Crippen LogP contribution in [0.2, 0.25) is 0 Å². The Labute approximate surface area is 85.2 Å². The van der Waals surface area contributed by atoms with E-state index in [1.165, 1.54) is 6.26 Å². The average molecular weight is 290 g/mol. The maximum absolute atomic E-state index is 11.0. The quantitative estimate of drug-likeness (QED) is 0.644. The van der Waals surface area contributed by atoms with Gasteiger partial charge >= 0.3 is 85.4 Å². The van der Waals surface area contributed by atoms with E-state index in [2.05, 4.69) is 4.98 Å². The van der Waals surface area contributed by atoms with Gasteiger partial charge in [0.25, 0.3) is 0 Å². The van der Waals surface area contributed by atoms with Crippen molar-refractivity contribution in [2.75, 3.05) is 6.26 Å². The Balaban J connectivity index is 3.33. The van der Waals surface area contributed by atoms with Crippen molar-refractivity contribution in [2.24, 2.45) is 0 Å². The van der Waals surface area contributed by atoms with Gasteiger partial charge in [0.2, 0.25) is 0 Å². The van der Waals surface area contributed by atoms with Crippen LogP contribution < -0.4 is 3.58 Å². The van der Waals surface area contributed by atoms with E-state index in [1.54, 1.807) is 6.07 Å². The molecule has 0 bridgehead atoms. The van der Waals surface area contributed by atoms with Crippen LogP contribution in [0.4, 0.5) is 0 Å². The minimum atomic E-state index is -3.14. The molecule has 0 aliphatic heterocycles. The first kappa shape index (κ1) is 9.98. The van der Waals surface area contributed by atoms with Crippen molar-refractivity contribution in [3.63, 3.8) is 0 Å². The summed E-state index contributed by atoms with van der Waals surface area (Å²) in [7, 11) is -3.14. The van der Waals surface area contributed by atoms with Gasteiger partial charge in [-0.25, -0.2) is 0 Å². The van der Waals surface area contributed by atoms with Gasteiger partial charge in [-0.3, -0.25) is 0 Å². The minimum absolute atomic E-state index is 0.165. The molecule has 0 unspecified atom stereocenters. The Morgan fingerprint density at radius 1 is 1.42 bits per heavy atom. The second-order valence-electron chi connectivity index (χ2n) is 2.60. The SMILES string of the molecule is Cc1nc(S(C)(=O)=O)cc[c]1[SnH]. The number of pyridine rings is 1. The molecule has 0 saturated carbocycles. The van der Waals surface area contributed by atoms with E-state index in [0.29, 0.717) is 0 Å². The molecule has 5 heteroatoms. The van der Waals surface area contributed by atoms with Gasteiger partial charge in [-0.2, -0.15) is 0 Å². The fourth-order valence-corrected chi connectivity index (χ4v) is 1.83. The summed E-state index contributed by atoms with van der Waals surface area (Å²) in [5.74, 6) is 0. The number of hydrogen-bond acceptors (Lipinski definition) is 3. The first-order valence-corrected chi connectivity index (χ1v) is 6.88. The fraction of sp³-hybridized carbons (Fsp3) is 0.286. The number of nitrogens with zero attached hydrogens (tertiary/aromatic N) is 1. The number of hydrogen-bond donors (Lipinski definition) is 0. The molecular weight excluding hydrogens is 281 g/mol. The number of sulfone groups is 1. The molecule has 3 nitrogen and oxygen atoms in total. The van der Waals surface area contributed by atoms with E-state index < -0.39 is 9.84 Å². The zero-order valence-electron chi connectivity index (χ0n) is 6.90. The normalized spacial score (nSPS) is 11.6. The standard InChI is InChI=1S/C7H8NO2S.Sn.H/c1-6-4-3-5-7(8-6)11(2,9)10;;/h3,5H,1-2H3;;. The number of aromatic nitrogens is 1. The molecule has 0 aliphatic carbocycles. The van der Waals surface area contributed by atoms with E-state index >= 15 is 0 Å². The summed E-state index contributed by atoms with van der Waals surface area (Å²) >= 11 is 0.967. The van der Waals surface area contributed by atoms with Crippen LogP contribution in [-0.4, -0.2) is 42.2 Å². The van der Waals surface area contributed by atoms with Crippen LogP contribution >= 0.6 is 0 Å². The molecular formula is C7H9NO2SSn. The van der Waals surface area contributed by atoms with Gasteiger partial charge in [0.1, 0.15) is 0 Å². The van der Waals surface area contributed by atoms with E-state index in [1.807, 2.05) is 13.0 Å². The van der Waals surface area contributed by atoms with Gasteiger partial charge in [0, 0.05) is 0 Å². The maximum atomic E-state index is 11.0. The van der Waals surface area contributed by atoms with Crippen LogP contribution in [0.1, 0.15) is 5.69 Å². The Kier molecular flexibility index (Phi) is 2.77. The first-order valence-electron chi connectivity index (χ1n) is 3.34. The molecule has 0 atom stereocenters. The van der Waals surface area contributed by atoms with Crippen LogP contribution in [-0.2, 0) is 9.84 Å². The van der Waals surface area contributed by atoms with Crippen molar-refractivity contribution in [2.45, 2.75) is 11.9 Å². The summed E-state index contributed by atoms with van der Waals surface area (Å²) in [5, 5.41) is 0.165. The van der Waals surface area contributed by atoms with Crippen LogP contribution in [0.25, 0.3) is 0 Å². The molecule has 1 aromatic heterocycles. The zero-order chi connectivity index (χ0) is 9.35. The molecule has 0 aromatic carbocycles. The summed E-state index contributed by atoms with van der Waals surface area (Å²) in [5.41, 5.74) is 0.820. The van der Waals surface area contributed by atoms with Gasteiger partial charge in [0.05, 0.1) is 0 Å². The third-order valence-electron chi connectivity index (χ3n) is 1.48. The molecule has 0 fully saturated rings. The summed E-state index contributed by atoms with van der Waals surface area (Å²) in [6.07, 6.45) is 1.17. The Morgan fingerprint density at radius 3 is 2.42 bits per heavy atom. The zero-order valence-corrected chi connectivity index (χ0v) is 11.0. The summed E-state index contributed by atoms with van der Waals surface area (Å²) in [6.45, 7) is 1.83. The molecule has 0 spiro atoms. The first-order chi connectivity index (χ1) is 5.41. The summed E-state index contributed by atoms with van der Waals surface area (Å²) < 4.78 is 23.2. The van der Waals surface area contributed by atoms with Crippen molar-refractivity contribution in [1.82, 2.24) is 4.98 Å². The van der Waals surface area contributed by atoms with Crippen molar-refractivity contribution >= 4 is 35.9 Å². The molecule has 0 saturated heterocycles. The van der Waals surface area contributed by atoms with Gasteiger partial charge in [-0.05, 0) is 0 Å². The third-order valence-corrected chi connectivity index (χ3v) is 4.21. The molecule has 0 aliphatic rings. The molecule has 1 heterocycles. The second-order valence-corrected chi connectivity index (χ2v) is 6.33. The van der Waals surface area contributed by atoms with Crippen molar-refractivity contribution in [1.29, 1.82) is 0 Å². The third kappa shape index (κ3) is 2.19. The fourth-order valence-electron chi connectivity index (χ4n) is 0.755.